The molecule has 2 aromatic carbocycles. The van der Waals surface area contributed by atoms with Crippen LogP contribution in [0.15, 0.2) is 42.5 Å². The smallest absolute Gasteiger partial charge is 0.247 e. The van der Waals surface area contributed by atoms with Crippen molar-refractivity contribution in [1.29, 1.82) is 0 Å². The summed E-state index contributed by atoms with van der Waals surface area (Å²) in [7, 11) is -0.219. The molecule has 2 aromatic rings. The van der Waals surface area contributed by atoms with Crippen molar-refractivity contribution >= 4 is 36.8 Å². The average molecular weight is 224 g/mol. The van der Waals surface area contributed by atoms with E-state index in [0.717, 1.165) is 20.6 Å². The van der Waals surface area contributed by atoms with Crippen LogP contribution in [0.5, 0.6) is 0 Å². The minimum Gasteiger partial charge on any atom is -0.247 e. The Balaban J connectivity index is 2.70. The first-order valence-electron chi connectivity index (χ1n) is 4.10. The highest BCUT2D eigenvalue weighted by Gasteiger charge is 2.06. The Morgan fingerprint density at radius 3 is 2.57 bits per heavy atom. The SMILES string of the molecule is O=PN(Cl)c1cccc2ccccc12. The van der Waals surface area contributed by atoms with Gasteiger partial charge < -0.3 is 0 Å². The number of fused-ring (bicyclic) bond motifs is 1. The minimum atomic E-state index is -0.219. The summed E-state index contributed by atoms with van der Waals surface area (Å²) in [5.74, 6) is 0. The van der Waals surface area contributed by atoms with Crippen molar-refractivity contribution < 1.29 is 4.57 Å². The Morgan fingerprint density at radius 1 is 1.07 bits per heavy atom. The lowest BCUT2D eigenvalue weighted by Crippen LogP contribution is -1.92. The quantitative estimate of drug-likeness (QED) is 0.566. The van der Waals surface area contributed by atoms with Crippen molar-refractivity contribution in [3.63, 3.8) is 0 Å². The van der Waals surface area contributed by atoms with Gasteiger partial charge in [-0.25, -0.2) is 8.75 Å². The van der Waals surface area contributed by atoms with E-state index in [1.807, 2.05) is 42.5 Å². The zero-order valence-corrected chi connectivity index (χ0v) is 8.87. The second-order valence-corrected chi connectivity index (χ2v) is 3.98. The molecule has 0 aromatic heterocycles. The van der Waals surface area contributed by atoms with Gasteiger partial charge in [0.15, 0.2) is 0 Å². The van der Waals surface area contributed by atoms with Gasteiger partial charge in [0.25, 0.3) is 8.61 Å². The summed E-state index contributed by atoms with van der Waals surface area (Å²) in [6.45, 7) is 0. The Labute approximate surface area is 88.5 Å². The first-order chi connectivity index (χ1) is 6.83. The van der Waals surface area contributed by atoms with E-state index in [2.05, 4.69) is 0 Å². The molecule has 0 amide bonds. The number of halogens is 1. The van der Waals surface area contributed by atoms with Crippen LogP contribution in [0.25, 0.3) is 10.8 Å². The molecule has 0 heterocycles. The Morgan fingerprint density at radius 2 is 1.79 bits per heavy atom. The highest BCUT2D eigenvalue weighted by atomic mass is 35.5. The third-order valence-corrected chi connectivity index (χ3v) is 2.76. The molecule has 14 heavy (non-hydrogen) atoms. The van der Waals surface area contributed by atoms with Crippen LogP contribution in [0.2, 0.25) is 0 Å². The summed E-state index contributed by atoms with van der Waals surface area (Å²) in [5, 5.41) is 2.08. The monoisotopic (exact) mass is 223 g/mol. The number of rotatable bonds is 2. The van der Waals surface area contributed by atoms with Crippen LogP contribution in [-0.2, 0) is 4.57 Å². The molecule has 0 bridgehead atoms. The Hall–Kier alpha value is -1.11. The molecule has 0 spiro atoms. The van der Waals surface area contributed by atoms with E-state index in [4.69, 9.17) is 11.8 Å². The molecular weight excluding hydrogens is 217 g/mol. The number of nitrogens with zero attached hydrogens (tertiary/aromatic N) is 1. The molecule has 0 N–H and O–H groups in total. The van der Waals surface area contributed by atoms with Gasteiger partial charge in [0.1, 0.15) is 0 Å². The van der Waals surface area contributed by atoms with E-state index >= 15 is 0 Å². The molecule has 0 aliphatic rings. The van der Waals surface area contributed by atoms with Crippen LogP contribution >= 0.6 is 20.4 Å². The first kappa shape index (κ1) is 9.45. The molecule has 0 saturated heterocycles. The van der Waals surface area contributed by atoms with Crippen molar-refractivity contribution in [1.82, 2.24) is 0 Å². The largest absolute Gasteiger partial charge is 0.298 e. The van der Waals surface area contributed by atoms with Crippen LogP contribution < -0.4 is 4.19 Å². The van der Waals surface area contributed by atoms with Gasteiger partial charge in [-0.3, -0.25) is 0 Å². The van der Waals surface area contributed by atoms with Crippen LogP contribution in [0, 0.1) is 0 Å². The van der Waals surface area contributed by atoms with Gasteiger partial charge in [0.2, 0.25) is 0 Å². The van der Waals surface area contributed by atoms with Gasteiger partial charge in [-0.2, -0.15) is 0 Å². The van der Waals surface area contributed by atoms with E-state index in [1.54, 1.807) is 0 Å². The lowest BCUT2D eigenvalue weighted by Gasteiger charge is -2.09. The maximum atomic E-state index is 10.6. The van der Waals surface area contributed by atoms with Crippen molar-refractivity contribution in [3.8, 4) is 0 Å². The van der Waals surface area contributed by atoms with Crippen LogP contribution in [0.1, 0.15) is 0 Å². The van der Waals surface area contributed by atoms with Gasteiger partial charge in [0, 0.05) is 17.2 Å². The third kappa shape index (κ3) is 1.59. The number of benzene rings is 2. The summed E-state index contributed by atoms with van der Waals surface area (Å²) in [5.41, 5.74) is 0.751. The number of hydrogen-bond donors (Lipinski definition) is 0. The molecule has 0 fully saturated rings. The van der Waals surface area contributed by atoms with Crippen LogP contribution in [0.4, 0.5) is 5.69 Å². The average Bonchev–Trinajstić information content (AvgIpc) is 2.27. The summed E-state index contributed by atoms with van der Waals surface area (Å²) in [6, 6.07) is 13.5. The van der Waals surface area contributed by atoms with Crippen LogP contribution in [0.3, 0.4) is 0 Å². The molecule has 0 unspecified atom stereocenters. The first-order valence-corrected chi connectivity index (χ1v) is 5.20. The third-order valence-electron chi connectivity index (χ3n) is 2.04. The van der Waals surface area contributed by atoms with Gasteiger partial charge >= 0.3 is 0 Å². The maximum Gasteiger partial charge on any atom is 0.298 e. The highest BCUT2D eigenvalue weighted by molar-refractivity contribution is 7.29. The molecule has 0 radical (unpaired) electrons. The molecule has 0 aliphatic carbocycles. The predicted molar refractivity (Wildman–Crippen MR) is 59.9 cm³/mol. The van der Waals surface area contributed by atoms with Gasteiger partial charge in [-0.05, 0) is 11.5 Å². The summed E-state index contributed by atoms with van der Waals surface area (Å²) >= 11 is 5.78. The number of hydrogen-bond acceptors (Lipinski definition) is 1. The van der Waals surface area contributed by atoms with Crippen molar-refractivity contribution in [2.24, 2.45) is 0 Å². The summed E-state index contributed by atoms with van der Waals surface area (Å²) in [4.78, 5) is 0. The molecule has 0 atom stereocenters. The highest BCUT2D eigenvalue weighted by Crippen LogP contribution is 2.31. The molecule has 0 aliphatic heterocycles. The standard InChI is InChI=1S/C10H7ClNOP/c11-12(14-13)10-7-3-5-8-4-1-2-6-9(8)10/h1-7H. The summed E-state index contributed by atoms with van der Waals surface area (Å²) < 4.78 is 11.8. The van der Waals surface area contributed by atoms with Gasteiger partial charge in [0.05, 0.1) is 5.69 Å². The molecule has 70 valence electrons. The van der Waals surface area contributed by atoms with Crippen molar-refractivity contribution in [2.45, 2.75) is 0 Å². The second kappa shape index (κ2) is 3.95. The maximum absolute atomic E-state index is 10.6. The Kier molecular flexibility index (Phi) is 2.67. The Bertz CT molecular complexity index is 469. The lowest BCUT2D eigenvalue weighted by molar-refractivity contribution is 0.599. The fourth-order valence-corrected chi connectivity index (χ4v) is 1.82. The molecule has 0 saturated carbocycles. The summed E-state index contributed by atoms with van der Waals surface area (Å²) in [6.07, 6.45) is 0. The fourth-order valence-electron chi connectivity index (χ4n) is 1.41. The van der Waals surface area contributed by atoms with E-state index in [9.17, 15) is 4.57 Å². The molecular formula is C10H7ClNOP. The number of anilines is 1. The van der Waals surface area contributed by atoms with Gasteiger partial charge in [-0.1, -0.05) is 36.4 Å². The molecule has 2 nitrogen and oxygen atoms in total. The fraction of sp³-hybridized carbons (Fsp3) is 0. The minimum absolute atomic E-state index is 0.219. The second-order valence-electron chi connectivity index (χ2n) is 2.84. The van der Waals surface area contributed by atoms with E-state index in [-0.39, 0.29) is 8.61 Å². The van der Waals surface area contributed by atoms with E-state index in [1.165, 1.54) is 0 Å². The van der Waals surface area contributed by atoms with Crippen molar-refractivity contribution in [2.75, 3.05) is 4.19 Å². The van der Waals surface area contributed by atoms with E-state index < -0.39 is 0 Å². The lowest BCUT2D eigenvalue weighted by atomic mass is 10.1. The van der Waals surface area contributed by atoms with Crippen molar-refractivity contribution in [3.05, 3.63) is 42.5 Å². The normalized spacial score (nSPS) is 10.6. The zero-order valence-electron chi connectivity index (χ0n) is 7.22. The molecule has 4 heteroatoms. The van der Waals surface area contributed by atoms with Crippen LogP contribution in [-0.4, -0.2) is 0 Å². The predicted octanol–water partition coefficient (Wildman–Crippen LogP) is 4.01. The molecule has 2 rings (SSSR count). The van der Waals surface area contributed by atoms with Gasteiger partial charge in [-0.15, -0.1) is 0 Å². The van der Waals surface area contributed by atoms with E-state index in [0.29, 0.717) is 0 Å². The topological polar surface area (TPSA) is 20.3 Å². The zero-order chi connectivity index (χ0) is 9.97.